The molecule has 3 aliphatic rings. The van der Waals surface area contributed by atoms with Gasteiger partial charge in [0.2, 0.25) is 0 Å². The number of carbonyl (C=O) groups is 3. The summed E-state index contributed by atoms with van der Waals surface area (Å²) in [6.07, 6.45) is -0.0297. The van der Waals surface area contributed by atoms with Crippen LogP contribution in [0.3, 0.4) is 0 Å². The van der Waals surface area contributed by atoms with E-state index in [0.717, 1.165) is 0 Å². The van der Waals surface area contributed by atoms with Gasteiger partial charge < -0.3 is 28.8 Å². The Morgan fingerprint density at radius 2 is 1.33 bits per heavy atom. The van der Waals surface area contributed by atoms with Gasteiger partial charge >= 0.3 is 17.9 Å². The summed E-state index contributed by atoms with van der Waals surface area (Å²) in [6, 6.07) is 0. The van der Waals surface area contributed by atoms with Crippen LogP contribution in [0, 0.1) is 5.92 Å². The molecule has 1 saturated carbocycles. The summed E-state index contributed by atoms with van der Waals surface area (Å²) in [5.41, 5.74) is -0.0461. The summed E-state index contributed by atoms with van der Waals surface area (Å²) >= 11 is 0. The lowest BCUT2D eigenvalue weighted by molar-refractivity contribution is -0.173. The smallest absolute Gasteiger partial charge is 0.333 e. The van der Waals surface area contributed by atoms with Crippen LogP contribution < -0.4 is 0 Å². The molecular formula is C30H42O9. The van der Waals surface area contributed by atoms with Crippen LogP contribution in [0.4, 0.5) is 0 Å². The molecule has 2 heterocycles. The third-order valence-electron chi connectivity index (χ3n) is 8.23. The minimum Gasteiger partial charge on any atom is -0.455 e. The first-order chi connectivity index (χ1) is 18.1. The summed E-state index contributed by atoms with van der Waals surface area (Å²) in [5, 5.41) is 11.4. The quantitative estimate of drug-likeness (QED) is 0.143. The fourth-order valence-electron chi connectivity index (χ4n) is 4.82. The highest BCUT2D eigenvalue weighted by molar-refractivity contribution is 5.89. The Balaban J connectivity index is 2.06. The van der Waals surface area contributed by atoms with Crippen molar-refractivity contribution >= 4 is 17.9 Å². The molecule has 39 heavy (non-hydrogen) atoms. The van der Waals surface area contributed by atoms with Crippen molar-refractivity contribution in [3.63, 3.8) is 0 Å². The van der Waals surface area contributed by atoms with Crippen molar-refractivity contribution in [1.82, 2.24) is 0 Å². The molecule has 0 bridgehead atoms. The Morgan fingerprint density at radius 3 is 1.79 bits per heavy atom. The summed E-state index contributed by atoms with van der Waals surface area (Å²) in [5.74, 6) is -2.69. The molecule has 0 radical (unpaired) electrons. The van der Waals surface area contributed by atoms with Gasteiger partial charge in [-0.3, -0.25) is 0 Å². The average molecular weight is 547 g/mol. The number of hydrogen-bond acceptors (Lipinski definition) is 9. The van der Waals surface area contributed by atoms with Crippen LogP contribution in [0.15, 0.2) is 47.1 Å². The van der Waals surface area contributed by atoms with Gasteiger partial charge in [-0.15, -0.1) is 0 Å². The number of rotatable bonds is 10. The highest BCUT2D eigenvalue weighted by Crippen LogP contribution is 2.54. The zero-order valence-electron chi connectivity index (χ0n) is 24.4. The van der Waals surface area contributed by atoms with Gasteiger partial charge in [0.1, 0.15) is 36.1 Å². The van der Waals surface area contributed by atoms with Crippen molar-refractivity contribution < 1.29 is 43.2 Å². The average Bonchev–Trinajstić information content (AvgIpc) is 3.77. The molecule has 0 amide bonds. The fraction of sp³-hybridized carbons (Fsp3) is 0.633. The maximum atomic E-state index is 12.9. The van der Waals surface area contributed by atoms with Crippen molar-refractivity contribution in [3.8, 4) is 0 Å². The molecule has 0 aromatic heterocycles. The topological polar surface area (TPSA) is 124 Å². The Kier molecular flexibility index (Phi) is 8.99. The van der Waals surface area contributed by atoms with Gasteiger partial charge in [0.15, 0.2) is 0 Å². The molecule has 2 saturated heterocycles. The first kappa shape index (κ1) is 30.8. The first-order valence-corrected chi connectivity index (χ1v) is 13.4. The molecule has 9 nitrogen and oxygen atoms in total. The van der Waals surface area contributed by atoms with Crippen LogP contribution in [-0.2, 0) is 38.1 Å². The van der Waals surface area contributed by atoms with Gasteiger partial charge in [-0.1, -0.05) is 24.8 Å². The van der Waals surface area contributed by atoms with Crippen LogP contribution in [0.1, 0.15) is 68.7 Å². The molecule has 0 aromatic carbocycles. The van der Waals surface area contributed by atoms with Crippen LogP contribution >= 0.6 is 0 Å². The van der Waals surface area contributed by atoms with Gasteiger partial charge in [-0.05, 0) is 67.9 Å². The lowest BCUT2D eigenvalue weighted by Crippen LogP contribution is -2.59. The van der Waals surface area contributed by atoms with E-state index >= 15 is 0 Å². The van der Waals surface area contributed by atoms with Gasteiger partial charge in [-0.2, -0.15) is 0 Å². The van der Waals surface area contributed by atoms with Crippen molar-refractivity contribution in [3.05, 3.63) is 47.1 Å². The second-order valence-electron chi connectivity index (χ2n) is 11.3. The number of hydrogen-bond donors (Lipinski definition) is 1. The number of carbonyl (C=O) groups excluding carboxylic acids is 3. The minimum atomic E-state index is -1.25. The van der Waals surface area contributed by atoms with Gasteiger partial charge in [0.25, 0.3) is 0 Å². The van der Waals surface area contributed by atoms with E-state index in [-0.39, 0.29) is 12.5 Å². The summed E-state index contributed by atoms with van der Waals surface area (Å²) in [6.45, 7) is 19.8. The normalized spacial score (nSPS) is 34.4. The summed E-state index contributed by atoms with van der Waals surface area (Å²) < 4.78 is 29.4. The van der Waals surface area contributed by atoms with E-state index in [4.69, 9.17) is 23.7 Å². The highest BCUT2D eigenvalue weighted by Gasteiger charge is 2.72. The highest BCUT2D eigenvalue weighted by atomic mass is 16.7. The van der Waals surface area contributed by atoms with Crippen LogP contribution in [0.25, 0.3) is 0 Å². The molecule has 8 atom stereocenters. The Labute approximate surface area is 230 Å². The van der Waals surface area contributed by atoms with E-state index in [1.54, 1.807) is 66.7 Å². The number of aliphatic hydroxyl groups excluding tert-OH is 1. The van der Waals surface area contributed by atoms with Gasteiger partial charge in [0.05, 0.1) is 17.6 Å². The molecule has 1 N–H and O–H groups in total. The monoisotopic (exact) mass is 546 g/mol. The second kappa shape index (κ2) is 11.4. The largest absolute Gasteiger partial charge is 0.455 e. The van der Waals surface area contributed by atoms with Crippen LogP contribution in [0.2, 0.25) is 0 Å². The van der Waals surface area contributed by atoms with Crippen molar-refractivity contribution in [1.29, 1.82) is 0 Å². The molecule has 9 heteroatoms. The summed E-state index contributed by atoms with van der Waals surface area (Å²) in [4.78, 5) is 38.7. The Hall–Kier alpha value is -2.75. The molecule has 1 aliphatic carbocycles. The second-order valence-corrected chi connectivity index (χ2v) is 11.3. The van der Waals surface area contributed by atoms with Crippen molar-refractivity contribution in [2.75, 3.05) is 0 Å². The number of epoxide rings is 2. The Morgan fingerprint density at radius 1 is 0.872 bits per heavy atom. The van der Waals surface area contributed by atoms with Crippen molar-refractivity contribution in [2.24, 2.45) is 5.92 Å². The molecule has 216 valence electrons. The molecule has 3 rings (SSSR count). The lowest BCUT2D eigenvalue weighted by atomic mass is 9.71. The standard InChI is InChI=1S/C30H42O9/c1-11-15(4)26(32)35-19(14-20-29(8,9)38-20)18(7)21-22(36-27(33)16(5)12-2)24(31)30(10)25(39-30)23(21)37-28(34)17(6)13-3/h11-13,19-25,31H,7,14H2,1-6,8-10H3/b15-11-,16-12-,17-13-/t19?,20-,21-,22+,23+,24+,25-,30+/m1/s1. The lowest BCUT2D eigenvalue weighted by Gasteiger charge is -2.42. The van der Waals surface area contributed by atoms with E-state index in [1.165, 1.54) is 0 Å². The number of fused-ring (bicyclic) bond motifs is 1. The van der Waals surface area contributed by atoms with E-state index in [2.05, 4.69) is 6.58 Å². The number of allylic oxidation sites excluding steroid dienone is 3. The predicted molar refractivity (Wildman–Crippen MR) is 143 cm³/mol. The fourth-order valence-corrected chi connectivity index (χ4v) is 4.82. The first-order valence-electron chi connectivity index (χ1n) is 13.4. The predicted octanol–water partition coefficient (Wildman–Crippen LogP) is 3.89. The van der Waals surface area contributed by atoms with E-state index in [1.807, 2.05) is 13.8 Å². The number of ether oxygens (including phenoxy) is 5. The molecule has 0 spiro atoms. The zero-order chi connectivity index (χ0) is 29.4. The van der Waals surface area contributed by atoms with E-state index < -0.39 is 65.5 Å². The van der Waals surface area contributed by atoms with E-state index in [9.17, 15) is 19.5 Å². The minimum absolute atomic E-state index is 0.216. The van der Waals surface area contributed by atoms with Crippen LogP contribution in [0.5, 0.6) is 0 Å². The maximum Gasteiger partial charge on any atom is 0.333 e. The third-order valence-corrected chi connectivity index (χ3v) is 8.23. The SMILES string of the molecule is C=C(C(C[C@H]1OC1(C)C)OC(=O)/C(C)=C\C)[C@H]1[C@H](OC(=O)/C(C)=C\C)[C@H]2O[C@@]2(C)[C@@H](O)[C@H]1OC(=O)/C(C)=C\C. The molecule has 1 unspecified atom stereocenters. The molecular weight excluding hydrogens is 504 g/mol. The molecule has 0 aromatic rings. The maximum absolute atomic E-state index is 12.9. The third kappa shape index (κ3) is 6.21. The number of esters is 3. The van der Waals surface area contributed by atoms with Crippen molar-refractivity contribution in [2.45, 2.75) is 117 Å². The Bertz CT molecular complexity index is 1110. The number of aliphatic hydroxyl groups is 1. The molecule has 2 aliphatic heterocycles. The van der Waals surface area contributed by atoms with E-state index in [0.29, 0.717) is 22.3 Å². The van der Waals surface area contributed by atoms with Crippen LogP contribution in [-0.4, -0.2) is 70.8 Å². The molecule has 3 fully saturated rings. The van der Waals surface area contributed by atoms with Gasteiger partial charge in [-0.25, -0.2) is 14.4 Å². The summed E-state index contributed by atoms with van der Waals surface area (Å²) in [7, 11) is 0. The zero-order valence-corrected chi connectivity index (χ0v) is 24.4. The van der Waals surface area contributed by atoms with Gasteiger partial charge in [0, 0.05) is 23.1 Å².